The lowest BCUT2D eigenvalue weighted by Crippen LogP contribution is -2.33. The molecule has 0 aliphatic rings. The van der Waals surface area contributed by atoms with E-state index in [0.29, 0.717) is 0 Å². The maximum Gasteiger partial charge on any atom is 0.238 e. The summed E-state index contributed by atoms with van der Waals surface area (Å²) in [5.74, 6) is -0.639. The molecule has 1 amide bonds. The van der Waals surface area contributed by atoms with E-state index in [1.807, 2.05) is 13.8 Å². The van der Waals surface area contributed by atoms with Crippen molar-refractivity contribution in [1.82, 2.24) is 5.32 Å². The van der Waals surface area contributed by atoms with E-state index in [2.05, 4.69) is 10.6 Å². The number of anilines is 1. The molecule has 1 aromatic carbocycles. The van der Waals surface area contributed by atoms with Crippen LogP contribution in [0.3, 0.4) is 0 Å². The van der Waals surface area contributed by atoms with Gasteiger partial charge < -0.3 is 10.6 Å². The fourth-order valence-corrected chi connectivity index (χ4v) is 1.27. The molecule has 0 fully saturated rings. The predicted octanol–water partition coefficient (Wildman–Crippen LogP) is 2.07. The molecule has 88 valence electrons. The molecule has 0 unspecified atom stereocenters. The predicted molar refractivity (Wildman–Crippen MR) is 62.9 cm³/mol. The number of benzene rings is 1. The summed E-state index contributed by atoms with van der Waals surface area (Å²) in [5, 5.41) is 5.53. The Hall–Kier alpha value is -1.42. The highest BCUT2D eigenvalue weighted by Gasteiger charge is 2.09. The Labute approximate surface area is 95.0 Å². The zero-order valence-electron chi connectivity index (χ0n) is 9.80. The molecule has 0 bridgehead atoms. The summed E-state index contributed by atoms with van der Waals surface area (Å²) in [5.41, 5.74) is 0.982. The summed E-state index contributed by atoms with van der Waals surface area (Å²) in [7, 11) is 0. The first-order valence-corrected chi connectivity index (χ1v) is 5.29. The van der Waals surface area contributed by atoms with Crippen LogP contribution in [0.25, 0.3) is 0 Å². The molecule has 0 saturated carbocycles. The van der Waals surface area contributed by atoms with E-state index < -0.39 is 5.82 Å². The van der Waals surface area contributed by atoms with Gasteiger partial charge in [-0.15, -0.1) is 0 Å². The highest BCUT2D eigenvalue weighted by Crippen LogP contribution is 2.18. The van der Waals surface area contributed by atoms with Crippen LogP contribution in [0.4, 0.5) is 10.1 Å². The molecule has 0 aliphatic carbocycles. The molecule has 4 heteroatoms. The highest BCUT2D eigenvalue weighted by molar-refractivity contribution is 5.93. The van der Waals surface area contributed by atoms with Crippen LogP contribution >= 0.6 is 0 Å². The van der Waals surface area contributed by atoms with Crippen molar-refractivity contribution in [2.24, 2.45) is 0 Å². The Balaban J connectivity index is 2.63. The molecular weight excluding hydrogens is 207 g/mol. The Morgan fingerprint density at radius 1 is 1.44 bits per heavy atom. The summed E-state index contributed by atoms with van der Waals surface area (Å²) < 4.78 is 13.4. The Kier molecular flexibility index (Phi) is 4.43. The molecule has 1 rings (SSSR count). The molecule has 0 atom stereocenters. The monoisotopic (exact) mass is 224 g/mol. The standard InChI is InChI=1S/C12H17FN2O/c1-8(2)14-7-11(16)15-12-9(3)5-4-6-10(12)13/h4-6,8,14H,7H2,1-3H3,(H,15,16). The van der Waals surface area contributed by atoms with E-state index in [4.69, 9.17) is 0 Å². The molecule has 1 aromatic rings. The van der Waals surface area contributed by atoms with Gasteiger partial charge in [0.25, 0.3) is 0 Å². The molecule has 2 N–H and O–H groups in total. The molecule has 16 heavy (non-hydrogen) atoms. The van der Waals surface area contributed by atoms with Gasteiger partial charge in [0.05, 0.1) is 12.2 Å². The van der Waals surface area contributed by atoms with Gasteiger partial charge in [0.2, 0.25) is 5.91 Å². The lowest BCUT2D eigenvalue weighted by Gasteiger charge is -2.11. The Bertz CT molecular complexity index is 357. The summed E-state index contributed by atoms with van der Waals surface area (Å²) in [6.45, 7) is 5.84. The van der Waals surface area contributed by atoms with Gasteiger partial charge >= 0.3 is 0 Å². The second kappa shape index (κ2) is 5.61. The van der Waals surface area contributed by atoms with E-state index >= 15 is 0 Å². The normalized spacial score (nSPS) is 10.6. The topological polar surface area (TPSA) is 41.1 Å². The van der Waals surface area contributed by atoms with Gasteiger partial charge in [0.15, 0.2) is 0 Å². The summed E-state index contributed by atoms with van der Waals surface area (Å²) >= 11 is 0. The Morgan fingerprint density at radius 3 is 2.69 bits per heavy atom. The van der Waals surface area contributed by atoms with Crippen LogP contribution in [0.15, 0.2) is 18.2 Å². The minimum Gasteiger partial charge on any atom is -0.322 e. The molecule has 0 heterocycles. The van der Waals surface area contributed by atoms with Crippen molar-refractivity contribution in [3.63, 3.8) is 0 Å². The smallest absolute Gasteiger partial charge is 0.238 e. The number of aryl methyl sites for hydroxylation is 1. The fraction of sp³-hybridized carbons (Fsp3) is 0.417. The quantitative estimate of drug-likeness (QED) is 0.822. The van der Waals surface area contributed by atoms with Gasteiger partial charge in [0.1, 0.15) is 5.82 Å². The van der Waals surface area contributed by atoms with Crippen molar-refractivity contribution < 1.29 is 9.18 Å². The van der Waals surface area contributed by atoms with Crippen molar-refractivity contribution in [3.8, 4) is 0 Å². The SMILES string of the molecule is Cc1cccc(F)c1NC(=O)CNC(C)C. The van der Waals surface area contributed by atoms with E-state index in [0.717, 1.165) is 5.56 Å². The van der Waals surface area contributed by atoms with E-state index in [9.17, 15) is 9.18 Å². The van der Waals surface area contributed by atoms with Crippen LogP contribution in [0.1, 0.15) is 19.4 Å². The highest BCUT2D eigenvalue weighted by atomic mass is 19.1. The summed E-state index contributed by atoms with van der Waals surface area (Å²) in [6.07, 6.45) is 0. The summed E-state index contributed by atoms with van der Waals surface area (Å²) in [4.78, 5) is 11.5. The number of carbonyl (C=O) groups excluding carboxylic acids is 1. The van der Waals surface area contributed by atoms with Gasteiger partial charge in [-0.3, -0.25) is 4.79 Å². The molecule has 0 saturated heterocycles. The van der Waals surface area contributed by atoms with Crippen molar-refractivity contribution in [2.45, 2.75) is 26.8 Å². The molecule has 0 spiro atoms. The first kappa shape index (κ1) is 12.6. The van der Waals surface area contributed by atoms with Crippen LogP contribution < -0.4 is 10.6 Å². The third-order valence-electron chi connectivity index (χ3n) is 2.16. The average molecular weight is 224 g/mol. The number of hydrogen-bond acceptors (Lipinski definition) is 2. The van der Waals surface area contributed by atoms with Crippen LogP contribution in [0.2, 0.25) is 0 Å². The third-order valence-corrected chi connectivity index (χ3v) is 2.16. The first-order chi connectivity index (χ1) is 7.50. The van der Waals surface area contributed by atoms with Crippen molar-refractivity contribution in [3.05, 3.63) is 29.6 Å². The number of hydrogen-bond donors (Lipinski definition) is 2. The number of halogens is 1. The van der Waals surface area contributed by atoms with Crippen LogP contribution in [0, 0.1) is 12.7 Å². The number of carbonyl (C=O) groups is 1. The maximum absolute atomic E-state index is 13.4. The van der Waals surface area contributed by atoms with Crippen LogP contribution in [-0.4, -0.2) is 18.5 Å². The molecule has 0 aromatic heterocycles. The van der Waals surface area contributed by atoms with Gasteiger partial charge in [0, 0.05) is 6.04 Å². The van der Waals surface area contributed by atoms with Gasteiger partial charge in [-0.05, 0) is 18.6 Å². The number of para-hydroxylation sites is 1. The minimum absolute atomic E-state index is 0.186. The molecular formula is C12H17FN2O. The van der Waals surface area contributed by atoms with Gasteiger partial charge in [-0.1, -0.05) is 26.0 Å². The second-order valence-electron chi connectivity index (χ2n) is 4.02. The number of nitrogens with one attached hydrogen (secondary N) is 2. The minimum atomic E-state index is -0.405. The van der Waals surface area contributed by atoms with Crippen molar-refractivity contribution in [2.75, 3.05) is 11.9 Å². The van der Waals surface area contributed by atoms with Crippen LogP contribution in [0.5, 0.6) is 0 Å². The first-order valence-electron chi connectivity index (χ1n) is 5.29. The molecule has 0 aliphatic heterocycles. The number of amides is 1. The average Bonchev–Trinajstić information content (AvgIpc) is 2.21. The van der Waals surface area contributed by atoms with Crippen molar-refractivity contribution >= 4 is 11.6 Å². The van der Waals surface area contributed by atoms with E-state index in [1.54, 1.807) is 19.1 Å². The zero-order valence-corrected chi connectivity index (χ0v) is 9.80. The third kappa shape index (κ3) is 3.62. The lowest BCUT2D eigenvalue weighted by molar-refractivity contribution is -0.115. The summed E-state index contributed by atoms with van der Waals surface area (Å²) in [6, 6.07) is 4.94. The second-order valence-corrected chi connectivity index (χ2v) is 4.02. The van der Waals surface area contributed by atoms with E-state index in [1.165, 1.54) is 6.07 Å². The van der Waals surface area contributed by atoms with Gasteiger partial charge in [-0.25, -0.2) is 4.39 Å². The fourth-order valence-electron chi connectivity index (χ4n) is 1.27. The largest absolute Gasteiger partial charge is 0.322 e. The van der Waals surface area contributed by atoms with E-state index in [-0.39, 0.29) is 24.2 Å². The van der Waals surface area contributed by atoms with Gasteiger partial charge in [-0.2, -0.15) is 0 Å². The maximum atomic E-state index is 13.4. The Morgan fingerprint density at radius 2 is 2.12 bits per heavy atom. The zero-order chi connectivity index (χ0) is 12.1. The van der Waals surface area contributed by atoms with Crippen LogP contribution in [-0.2, 0) is 4.79 Å². The lowest BCUT2D eigenvalue weighted by atomic mass is 10.2. The number of rotatable bonds is 4. The van der Waals surface area contributed by atoms with Crippen molar-refractivity contribution in [1.29, 1.82) is 0 Å². The molecule has 0 radical (unpaired) electrons. The molecule has 3 nitrogen and oxygen atoms in total.